The lowest BCUT2D eigenvalue weighted by Crippen LogP contribution is -2.52. The normalized spacial score (nSPS) is 14.0. The van der Waals surface area contributed by atoms with E-state index in [1.807, 2.05) is 30.3 Å². The van der Waals surface area contributed by atoms with Crippen LogP contribution in [0.2, 0.25) is 0 Å². The van der Waals surface area contributed by atoms with Crippen LogP contribution in [0.4, 0.5) is 4.79 Å². The maximum Gasteiger partial charge on any atom is 0.408 e. The number of nitrogens with one attached hydrogen (secondary N) is 1. The molecule has 6 heteroatoms. The number of carbonyl (C=O) groups excluding carboxylic acids is 2. The van der Waals surface area contributed by atoms with Gasteiger partial charge in [-0.25, -0.2) is 4.79 Å². The lowest BCUT2D eigenvalue weighted by molar-refractivity contribution is -0.124. The molecule has 0 aliphatic carbocycles. The maximum absolute atomic E-state index is 11.8. The van der Waals surface area contributed by atoms with Crippen LogP contribution in [-0.4, -0.2) is 29.7 Å². The van der Waals surface area contributed by atoms with Crippen molar-refractivity contribution >= 4 is 12.0 Å². The molecular formula is C16H24N2O4. The Bertz CT molecular complexity index is 497. The van der Waals surface area contributed by atoms with E-state index >= 15 is 0 Å². The minimum Gasteiger partial charge on any atom is -0.444 e. The number of hydrogen-bond donors (Lipinski definition) is 2. The average Bonchev–Trinajstić information content (AvgIpc) is 2.41. The van der Waals surface area contributed by atoms with Gasteiger partial charge < -0.3 is 20.5 Å². The summed E-state index contributed by atoms with van der Waals surface area (Å²) >= 11 is 0. The summed E-state index contributed by atoms with van der Waals surface area (Å²) in [5, 5.41) is 2.45. The van der Waals surface area contributed by atoms with E-state index < -0.39 is 29.7 Å². The number of ether oxygens (including phenoxy) is 2. The molecule has 2 amide bonds. The van der Waals surface area contributed by atoms with Crippen molar-refractivity contribution in [3.63, 3.8) is 0 Å². The molecule has 0 aliphatic rings. The van der Waals surface area contributed by atoms with E-state index in [2.05, 4.69) is 5.32 Å². The molecule has 0 aliphatic heterocycles. The quantitative estimate of drug-likeness (QED) is 0.840. The fourth-order valence-electron chi connectivity index (χ4n) is 1.75. The highest BCUT2D eigenvalue weighted by Crippen LogP contribution is 2.09. The largest absolute Gasteiger partial charge is 0.444 e. The van der Waals surface area contributed by atoms with Crippen LogP contribution in [0, 0.1) is 0 Å². The van der Waals surface area contributed by atoms with Gasteiger partial charge in [0, 0.05) is 0 Å². The second kappa shape index (κ2) is 7.79. The number of amides is 2. The molecule has 22 heavy (non-hydrogen) atoms. The van der Waals surface area contributed by atoms with Gasteiger partial charge in [0.2, 0.25) is 5.91 Å². The molecule has 0 unspecified atom stereocenters. The van der Waals surface area contributed by atoms with E-state index in [0.29, 0.717) is 6.61 Å². The van der Waals surface area contributed by atoms with Gasteiger partial charge in [0.25, 0.3) is 0 Å². The molecule has 0 radical (unpaired) electrons. The standard InChI is InChI=1S/C16H24N2O4/c1-11(21-10-12-8-6-5-7-9-12)13(14(17)19)18-15(20)22-16(2,3)4/h5-9,11,13H,10H2,1-4H3,(H2,17,19)(H,18,20)/t11-,13-/m1/s1. The van der Waals surface area contributed by atoms with E-state index in [0.717, 1.165) is 5.56 Å². The lowest BCUT2D eigenvalue weighted by Gasteiger charge is -2.25. The first-order chi connectivity index (χ1) is 10.2. The fraction of sp³-hybridized carbons (Fsp3) is 0.500. The molecule has 0 saturated carbocycles. The van der Waals surface area contributed by atoms with Crippen molar-refractivity contribution in [3.8, 4) is 0 Å². The molecule has 1 aromatic rings. The Morgan fingerprint density at radius 3 is 2.32 bits per heavy atom. The predicted octanol–water partition coefficient (Wildman–Crippen LogP) is 1.97. The van der Waals surface area contributed by atoms with Crippen molar-refractivity contribution in [3.05, 3.63) is 35.9 Å². The van der Waals surface area contributed by atoms with E-state index in [1.165, 1.54) is 0 Å². The zero-order valence-electron chi connectivity index (χ0n) is 13.5. The number of nitrogens with two attached hydrogens (primary N) is 1. The first-order valence-electron chi connectivity index (χ1n) is 7.13. The predicted molar refractivity (Wildman–Crippen MR) is 83.0 cm³/mol. The van der Waals surface area contributed by atoms with Crippen LogP contribution in [0.15, 0.2) is 30.3 Å². The summed E-state index contributed by atoms with van der Waals surface area (Å²) in [6.45, 7) is 7.21. The highest BCUT2D eigenvalue weighted by molar-refractivity contribution is 5.84. The first-order valence-corrected chi connectivity index (χ1v) is 7.13. The Hall–Kier alpha value is -2.08. The highest BCUT2D eigenvalue weighted by atomic mass is 16.6. The number of rotatable bonds is 6. The van der Waals surface area contributed by atoms with Crippen molar-refractivity contribution in [1.82, 2.24) is 5.32 Å². The second-order valence-corrected chi connectivity index (χ2v) is 6.03. The zero-order chi connectivity index (χ0) is 16.8. The molecule has 0 saturated heterocycles. The summed E-state index contributed by atoms with van der Waals surface area (Å²) in [6, 6.07) is 8.56. The van der Waals surface area contributed by atoms with Gasteiger partial charge in [-0.1, -0.05) is 30.3 Å². The Morgan fingerprint density at radius 2 is 1.82 bits per heavy atom. The Balaban J connectivity index is 2.58. The summed E-state index contributed by atoms with van der Waals surface area (Å²) in [4.78, 5) is 23.3. The minimum absolute atomic E-state index is 0.321. The Kier molecular flexibility index (Phi) is 6.37. The maximum atomic E-state index is 11.8. The molecule has 1 aromatic carbocycles. The molecular weight excluding hydrogens is 284 g/mol. The van der Waals surface area contributed by atoms with E-state index in [4.69, 9.17) is 15.2 Å². The van der Waals surface area contributed by atoms with Crippen molar-refractivity contribution in [2.75, 3.05) is 0 Å². The van der Waals surface area contributed by atoms with Crippen molar-refractivity contribution in [2.45, 2.75) is 52.0 Å². The second-order valence-electron chi connectivity index (χ2n) is 6.03. The van der Waals surface area contributed by atoms with E-state index in [1.54, 1.807) is 27.7 Å². The number of hydrogen-bond acceptors (Lipinski definition) is 4. The number of benzene rings is 1. The van der Waals surface area contributed by atoms with Gasteiger partial charge in [0.05, 0.1) is 12.7 Å². The molecule has 1 rings (SSSR count). The van der Waals surface area contributed by atoms with Gasteiger partial charge in [-0.3, -0.25) is 4.79 Å². The van der Waals surface area contributed by atoms with Crippen LogP contribution in [0.5, 0.6) is 0 Å². The molecule has 0 heterocycles. The number of primary amides is 1. The zero-order valence-corrected chi connectivity index (χ0v) is 13.5. The first kappa shape index (κ1) is 18.0. The Labute approximate surface area is 131 Å². The number of alkyl carbamates (subject to hydrolysis) is 1. The smallest absolute Gasteiger partial charge is 0.408 e. The molecule has 122 valence electrons. The van der Waals surface area contributed by atoms with Gasteiger partial charge >= 0.3 is 6.09 Å². The van der Waals surface area contributed by atoms with Crippen LogP contribution < -0.4 is 11.1 Å². The van der Waals surface area contributed by atoms with Crippen molar-refractivity contribution < 1.29 is 19.1 Å². The molecule has 6 nitrogen and oxygen atoms in total. The molecule has 0 aromatic heterocycles. The van der Waals surface area contributed by atoms with Gasteiger partial charge in [-0.2, -0.15) is 0 Å². The van der Waals surface area contributed by atoms with Crippen LogP contribution in [0.3, 0.4) is 0 Å². The van der Waals surface area contributed by atoms with Crippen LogP contribution in [-0.2, 0) is 20.9 Å². The molecule has 2 atom stereocenters. The third-order valence-corrected chi connectivity index (χ3v) is 2.80. The third kappa shape index (κ3) is 6.58. The topological polar surface area (TPSA) is 90.7 Å². The van der Waals surface area contributed by atoms with E-state index in [9.17, 15) is 9.59 Å². The van der Waals surface area contributed by atoms with E-state index in [-0.39, 0.29) is 0 Å². The molecule has 0 bridgehead atoms. The van der Waals surface area contributed by atoms with Crippen molar-refractivity contribution in [2.24, 2.45) is 5.73 Å². The third-order valence-electron chi connectivity index (χ3n) is 2.80. The summed E-state index contributed by atoms with van der Waals surface area (Å²) in [6.07, 6.45) is -1.28. The van der Waals surface area contributed by atoms with Gasteiger partial charge in [-0.15, -0.1) is 0 Å². The van der Waals surface area contributed by atoms with Gasteiger partial charge in [0.15, 0.2) is 0 Å². The van der Waals surface area contributed by atoms with Crippen LogP contribution >= 0.6 is 0 Å². The Morgan fingerprint density at radius 1 is 1.23 bits per heavy atom. The highest BCUT2D eigenvalue weighted by Gasteiger charge is 2.28. The van der Waals surface area contributed by atoms with Gasteiger partial charge in [0.1, 0.15) is 11.6 Å². The van der Waals surface area contributed by atoms with Crippen molar-refractivity contribution in [1.29, 1.82) is 0 Å². The molecule has 0 fully saturated rings. The van der Waals surface area contributed by atoms with Crippen LogP contribution in [0.25, 0.3) is 0 Å². The fourth-order valence-corrected chi connectivity index (χ4v) is 1.75. The summed E-state index contributed by atoms with van der Waals surface area (Å²) in [5.74, 6) is -0.675. The van der Waals surface area contributed by atoms with Gasteiger partial charge in [-0.05, 0) is 33.3 Å². The summed E-state index contributed by atoms with van der Waals surface area (Å²) in [5.41, 5.74) is 5.64. The summed E-state index contributed by atoms with van der Waals surface area (Å²) in [7, 11) is 0. The average molecular weight is 308 g/mol. The monoisotopic (exact) mass is 308 g/mol. The minimum atomic E-state index is -0.960. The summed E-state index contributed by atoms with van der Waals surface area (Å²) < 4.78 is 10.7. The number of carbonyl (C=O) groups is 2. The molecule has 3 N–H and O–H groups in total. The molecule has 0 spiro atoms. The van der Waals surface area contributed by atoms with Crippen LogP contribution in [0.1, 0.15) is 33.3 Å². The SMILES string of the molecule is C[C@@H](OCc1ccccc1)[C@@H](NC(=O)OC(C)(C)C)C(N)=O. The lowest BCUT2D eigenvalue weighted by atomic mass is 10.1.